The van der Waals surface area contributed by atoms with Crippen LogP contribution in [0.5, 0.6) is 5.75 Å². The lowest BCUT2D eigenvalue weighted by molar-refractivity contribution is -0.132. The molecule has 166 valence electrons. The summed E-state index contributed by atoms with van der Waals surface area (Å²) in [6.45, 7) is 1.29. The van der Waals surface area contributed by atoms with Crippen LogP contribution in [0.3, 0.4) is 0 Å². The van der Waals surface area contributed by atoms with Crippen LogP contribution in [0.15, 0.2) is 70.3 Å². The monoisotopic (exact) mass is 507 g/mol. The smallest absolute Gasteiger partial charge is 0.308 e. The number of fused-ring (bicyclic) bond motifs is 3. The molecule has 2 aromatic carbocycles. The number of allylic oxidation sites excluding steroid dienone is 1. The third kappa shape index (κ3) is 3.48. The number of Topliss-reactive ketones (excluding diaryl/α,β-unsaturated/α-hetero) is 1. The molecule has 0 bridgehead atoms. The number of ketones is 1. The van der Waals surface area contributed by atoms with Gasteiger partial charge in [0.25, 0.3) is 0 Å². The van der Waals surface area contributed by atoms with Gasteiger partial charge in [-0.15, -0.1) is 0 Å². The maximum atomic E-state index is 13.6. The largest absolute Gasteiger partial charge is 0.427 e. The van der Waals surface area contributed by atoms with Crippen LogP contribution in [-0.2, 0) is 14.4 Å². The van der Waals surface area contributed by atoms with Gasteiger partial charge in [0.05, 0.1) is 23.6 Å². The molecular formula is C24H18BrN3O5. The van der Waals surface area contributed by atoms with Gasteiger partial charge < -0.3 is 4.74 Å². The Kier molecular flexibility index (Phi) is 5.20. The molecule has 2 saturated heterocycles. The molecule has 0 spiro atoms. The summed E-state index contributed by atoms with van der Waals surface area (Å²) in [4.78, 5) is 52.9. The predicted molar refractivity (Wildman–Crippen MR) is 123 cm³/mol. The van der Waals surface area contributed by atoms with Gasteiger partial charge in [0.2, 0.25) is 11.8 Å². The van der Waals surface area contributed by atoms with Crippen molar-refractivity contribution < 1.29 is 23.9 Å². The molecule has 4 atom stereocenters. The fraction of sp³-hybridized carbons (Fsp3) is 0.208. The first-order valence-electron chi connectivity index (χ1n) is 10.3. The number of hydrazone groups is 1. The number of imide groups is 1. The standard InChI is InChI=1S/C24H18BrN3O5/c1-13(29)33-17-10-4-14(5-11-17)22(30)21-20-19(18-3-2-12-26-28(18)21)23(31)27(24(20)32)16-8-6-15(25)7-9-16/h2-12,18-21H,1H3/t18-,19-,20+,21+/m1/s1. The summed E-state index contributed by atoms with van der Waals surface area (Å²) in [5.41, 5.74) is 0.803. The fourth-order valence-corrected chi connectivity index (χ4v) is 4.97. The molecule has 5 rings (SSSR count). The Hall–Kier alpha value is -3.59. The lowest BCUT2D eigenvalue weighted by atomic mass is 9.86. The van der Waals surface area contributed by atoms with E-state index in [4.69, 9.17) is 4.74 Å². The zero-order valence-corrected chi connectivity index (χ0v) is 19.0. The zero-order valence-electron chi connectivity index (χ0n) is 17.4. The van der Waals surface area contributed by atoms with Gasteiger partial charge in [-0.3, -0.25) is 24.2 Å². The van der Waals surface area contributed by atoms with Crippen molar-refractivity contribution in [3.05, 3.63) is 70.7 Å². The fourth-order valence-electron chi connectivity index (χ4n) is 4.71. The normalized spacial score (nSPS) is 25.3. The molecule has 0 radical (unpaired) electrons. The van der Waals surface area contributed by atoms with E-state index < -0.39 is 35.8 Å². The Bertz CT molecular complexity index is 1220. The van der Waals surface area contributed by atoms with Gasteiger partial charge in [0, 0.05) is 23.2 Å². The number of nitrogens with zero attached hydrogens (tertiary/aromatic N) is 3. The number of esters is 1. The molecule has 3 aliphatic rings. The van der Waals surface area contributed by atoms with Crippen LogP contribution in [0.4, 0.5) is 5.69 Å². The lowest BCUT2D eigenvalue weighted by Crippen LogP contribution is -2.46. The van der Waals surface area contributed by atoms with Crippen LogP contribution in [0.2, 0.25) is 0 Å². The summed E-state index contributed by atoms with van der Waals surface area (Å²) < 4.78 is 5.86. The SMILES string of the molecule is CC(=O)Oc1ccc(C(=O)[C@@H]2[C@H]3C(=O)N(c4ccc(Br)cc4)C(=O)[C@@H]3[C@H]3C=CC=NN32)cc1. The van der Waals surface area contributed by atoms with Crippen LogP contribution >= 0.6 is 15.9 Å². The number of benzene rings is 2. The number of carbonyl (C=O) groups is 4. The maximum absolute atomic E-state index is 13.6. The summed E-state index contributed by atoms with van der Waals surface area (Å²) >= 11 is 3.36. The van der Waals surface area contributed by atoms with Crippen LogP contribution < -0.4 is 9.64 Å². The van der Waals surface area contributed by atoms with Crippen LogP contribution in [0.25, 0.3) is 0 Å². The van der Waals surface area contributed by atoms with E-state index in [1.807, 2.05) is 0 Å². The second-order valence-corrected chi connectivity index (χ2v) is 8.90. The quantitative estimate of drug-likeness (QED) is 0.273. The minimum Gasteiger partial charge on any atom is -0.427 e. The van der Waals surface area contributed by atoms with E-state index in [0.717, 1.165) is 4.47 Å². The van der Waals surface area contributed by atoms with Crippen molar-refractivity contribution in [3.8, 4) is 5.75 Å². The van der Waals surface area contributed by atoms with Gasteiger partial charge >= 0.3 is 5.97 Å². The Labute approximate surface area is 197 Å². The average Bonchev–Trinajstić information content (AvgIpc) is 3.27. The minimum absolute atomic E-state index is 0.314. The molecule has 33 heavy (non-hydrogen) atoms. The second kappa shape index (κ2) is 8.08. The molecular weight excluding hydrogens is 490 g/mol. The van der Waals surface area contributed by atoms with Crippen molar-refractivity contribution in [2.75, 3.05) is 4.90 Å². The van der Waals surface area contributed by atoms with Crippen molar-refractivity contribution in [3.63, 3.8) is 0 Å². The Morgan fingerprint density at radius 2 is 1.64 bits per heavy atom. The Balaban J connectivity index is 1.51. The van der Waals surface area contributed by atoms with Crippen molar-refractivity contribution in [2.45, 2.75) is 19.0 Å². The molecule has 0 unspecified atom stereocenters. The van der Waals surface area contributed by atoms with E-state index in [9.17, 15) is 19.2 Å². The number of anilines is 1. The molecule has 3 aliphatic heterocycles. The van der Waals surface area contributed by atoms with Gasteiger partial charge in [-0.1, -0.05) is 22.0 Å². The van der Waals surface area contributed by atoms with E-state index in [-0.39, 0.29) is 11.7 Å². The van der Waals surface area contributed by atoms with E-state index >= 15 is 0 Å². The Morgan fingerprint density at radius 3 is 2.30 bits per heavy atom. The first kappa shape index (κ1) is 21.3. The first-order valence-corrected chi connectivity index (χ1v) is 11.1. The highest BCUT2D eigenvalue weighted by molar-refractivity contribution is 9.10. The zero-order chi connectivity index (χ0) is 23.3. The van der Waals surface area contributed by atoms with Crippen LogP contribution in [0, 0.1) is 11.8 Å². The second-order valence-electron chi connectivity index (χ2n) is 7.99. The Morgan fingerprint density at radius 1 is 0.970 bits per heavy atom. The van der Waals surface area contributed by atoms with Crippen LogP contribution in [-0.4, -0.2) is 46.9 Å². The molecule has 0 N–H and O–H groups in total. The average molecular weight is 508 g/mol. The predicted octanol–water partition coefficient (Wildman–Crippen LogP) is 2.97. The highest BCUT2D eigenvalue weighted by atomic mass is 79.9. The molecule has 0 aromatic heterocycles. The van der Waals surface area contributed by atoms with Crippen molar-refractivity contribution in [2.24, 2.45) is 16.9 Å². The van der Waals surface area contributed by atoms with Crippen molar-refractivity contribution in [1.29, 1.82) is 0 Å². The number of hydrogen-bond donors (Lipinski definition) is 0. The topological polar surface area (TPSA) is 96.3 Å². The number of hydrogen-bond acceptors (Lipinski definition) is 7. The number of ether oxygens (including phenoxy) is 1. The summed E-state index contributed by atoms with van der Waals surface area (Å²) in [6.07, 6.45) is 5.07. The van der Waals surface area contributed by atoms with E-state index in [1.165, 1.54) is 24.0 Å². The van der Waals surface area contributed by atoms with Crippen molar-refractivity contribution >= 4 is 51.4 Å². The third-order valence-corrected chi connectivity index (χ3v) is 6.57. The third-order valence-electron chi connectivity index (χ3n) is 6.04. The van der Waals surface area contributed by atoms with Gasteiger partial charge in [-0.2, -0.15) is 5.10 Å². The summed E-state index contributed by atoms with van der Waals surface area (Å²) in [5, 5.41) is 5.90. The van der Waals surface area contributed by atoms with E-state index in [1.54, 1.807) is 59.8 Å². The van der Waals surface area contributed by atoms with Crippen molar-refractivity contribution in [1.82, 2.24) is 5.01 Å². The number of carbonyl (C=O) groups excluding carboxylic acids is 4. The van der Waals surface area contributed by atoms with Gasteiger partial charge in [-0.05, 0) is 54.6 Å². The molecule has 0 aliphatic carbocycles. The van der Waals surface area contributed by atoms with Crippen LogP contribution in [0.1, 0.15) is 17.3 Å². The molecule has 8 nitrogen and oxygen atoms in total. The van der Waals surface area contributed by atoms with Gasteiger partial charge in [0.15, 0.2) is 5.78 Å². The summed E-state index contributed by atoms with van der Waals surface area (Å²) in [7, 11) is 0. The molecule has 2 amide bonds. The minimum atomic E-state index is -0.933. The van der Waals surface area contributed by atoms with Gasteiger partial charge in [-0.25, -0.2) is 4.90 Å². The highest BCUT2D eigenvalue weighted by Crippen LogP contribution is 2.46. The van der Waals surface area contributed by atoms with Gasteiger partial charge in [0.1, 0.15) is 11.8 Å². The number of amides is 2. The number of rotatable bonds is 4. The number of halogens is 1. The first-order chi connectivity index (χ1) is 15.9. The maximum Gasteiger partial charge on any atom is 0.308 e. The molecule has 3 heterocycles. The van der Waals surface area contributed by atoms with E-state index in [2.05, 4.69) is 21.0 Å². The summed E-state index contributed by atoms with van der Waals surface area (Å²) in [5.74, 6) is -2.82. The molecule has 0 saturated carbocycles. The molecule has 9 heteroatoms. The molecule has 2 aromatic rings. The lowest BCUT2D eigenvalue weighted by Gasteiger charge is -2.30. The summed E-state index contributed by atoms with van der Waals surface area (Å²) in [6, 6.07) is 11.6. The van der Waals surface area contributed by atoms with E-state index in [0.29, 0.717) is 17.0 Å². The molecule has 2 fully saturated rings. The highest BCUT2D eigenvalue weighted by Gasteiger charge is 2.64.